The molecule has 220 valence electrons. The quantitative estimate of drug-likeness (QED) is 0.199. The molecule has 0 fully saturated rings. The summed E-state index contributed by atoms with van der Waals surface area (Å²) in [7, 11) is 0. The van der Waals surface area contributed by atoms with Crippen molar-refractivity contribution in [2.75, 3.05) is 0 Å². The number of rotatable bonds is 3. The smallest absolute Gasteiger partial charge is 0.0999 e. The summed E-state index contributed by atoms with van der Waals surface area (Å²) in [6.45, 7) is 0. The van der Waals surface area contributed by atoms with E-state index in [9.17, 15) is 5.26 Å². The molecule has 0 N–H and O–H groups in total. The number of allylic oxidation sites excluding steroid dienone is 4. The maximum Gasteiger partial charge on any atom is 0.0999 e. The maximum atomic E-state index is 10.4. The fourth-order valence-electron chi connectivity index (χ4n) is 8.00. The standard InChI is InChI=1S/C43H28N4/c44-27-28-12-11-21-38-41(28)42-39(46(38)30-15-5-2-6-16-30)25-24-35-33-18-8-10-20-37(33)47(43(35)42)31-22-23-34-32-17-7-9-19-36(32)45(40(34)26-31)29-13-3-1-4-14-29/h1-5,7-15,17-26H,6,16H2. The third-order valence-corrected chi connectivity index (χ3v) is 9.92. The molecule has 3 heterocycles. The minimum Gasteiger partial charge on any atom is -0.313 e. The molecule has 47 heavy (non-hydrogen) atoms. The van der Waals surface area contributed by atoms with Crippen LogP contribution in [-0.2, 0) is 0 Å². The van der Waals surface area contributed by atoms with Crippen molar-refractivity contribution in [3.8, 4) is 17.4 Å². The van der Waals surface area contributed by atoms with Crippen molar-refractivity contribution in [1.82, 2.24) is 13.7 Å². The number of fused-ring (bicyclic) bond motifs is 10. The molecular weight excluding hydrogens is 573 g/mol. The van der Waals surface area contributed by atoms with Gasteiger partial charge in [0.1, 0.15) is 0 Å². The van der Waals surface area contributed by atoms with Crippen LogP contribution in [0.2, 0.25) is 0 Å². The van der Waals surface area contributed by atoms with Crippen molar-refractivity contribution in [2.45, 2.75) is 12.8 Å². The molecule has 1 aliphatic rings. The summed E-state index contributed by atoms with van der Waals surface area (Å²) in [6.07, 6.45) is 8.55. The van der Waals surface area contributed by atoms with Crippen molar-refractivity contribution in [1.29, 1.82) is 5.26 Å². The van der Waals surface area contributed by atoms with Crippen molar-refractivity contribution < 1.29 is 0 Å². The Morgan fingerprint density at radius 1 is 0.511 bits per heavy atom. The van der Waals surface area contributed by atoms with Crippen LogP contribution in [0.25, 0.3) is 82.5 Å². The second-order valence-electron chi connectivity index (χ2n) is 12.4. The average molecular weight is 601 g/mol. The Labute approximate surface area is 270 Å². The largest absolute Gasteiger partial charge is 0.313 e. The molecular formula is C43H28N4. The minimum absolute atomic E-state index is 0.696. The van der Waals surface area contributed by atoms with E-state index in [1.807, 2.05) is 12.1 Å². The minimum atomic E-state index is 0.696. The zero-order chi connectivity index (χ0) is 31.1. The van der Waals surface area contributed by atoms with E-state index in [0.29, 0.717) is 5.56 Å². The van der Waals surface area contributed by atoms with Gasteiger partial charge in [0.2, 0.25) is 0 Å². The number of aromatic nitrogens is 3. The van der Waals surface area contributed by atoms with Gasteiger partial charge in [-0.3, -0.25) is 0 Å². The molecule has 0 aliphatic heterocycles. The van der Waals surface area contributed by atoms with Crippen LogP contribution in [0.15, 0.2) is 146 Å². The zero-order valence-electron chi connectivity index (χ0n) is 25.6. The van der Waals surface area contributed by atoms with Crippen LogP contribution < -0.4 is 0 Å². The van der Waals surface area contributed by atoms with Gasteiger partial charge in [0, 0.05) is 49.4 Å². The van der Waals surface area contributed by atoms with E-state index >= 15 is 0 Å². The summed E-state index contributed by atoms with van der Waals surface area (Å²) < 4.78 is 7.18. The lowest BCUT2D eigenvalue weighted by Gasteiger charge is -2.14. The predicted molar refractivity (Wildman–Crippen MR) is 195 cm³/mol. The summed E-state index contributed by atoms with van der Waals surface area (Å²) in [5.74, 6) is 0. The summed E-state index contributed by atoms with van der Waals surface area (Å²) in [5.41, 5.74) is 11.0. The van der Waals surface area contributed by atoms with E-state index in [4.69, 9.17) is 0 Å². The van der Waals surface area contributed by atoms with Gasteiger partial charge >= 0.3 is 0 Å². The molecule has 9 aromatic rings. The lowest BCUT2D eigenvalue weighted by Crippen LogP contribution is -1.99. The van der Waals surface area contributed by atoms with Crippen molar-refractivity contribution >= 4 is 71.1 Å². The number of hydrogen-bond donors (Lipinski definition) is 0. The Bertz CT molecular complexity index is 2850. The Hall–Kier alpha value is -6.31. The molecule has 6 aromatic carbocycles. The third-order valence-electron chi connectivity index (χ3n) is 9.92. The molecule has 0 saturated heterocycles. The number of hydrogen-bond acceptors (Lipinski definition) is 1. The second-order valence-corrected chi connectivity index (χ2v) is 12.4. The molecule has 4 nitrogen and oxygen atoms in total. The fraction of sp³-hybridized carbons (Fsp3) is 0.0465. The topological polar surface area (TPSA) is 38.6 Å². The van der Waals surface area contributed by atoms with Gasteiger partial charge in [-0.05, 0) is 73.5 Å². The van der Waals surface area contributed by atoms with Crippen LogP contribution in [-0.4, -0.2) is 13.7 Å². The first-order chi connectivity index (χ1) is 23.3. The van der Waals surface area contributed by atoms with Crippen LogP contribution in [0.3, 0.4) is 0 Å². The molecule has 0 unspecified atom stereocenters. The molecule has 0 amide bonds. The maximum absolute atomic E-state index is 10.4. The summed E-state index contributed by atoms with van der Waals surface area (Å²) in [6, 6.07) is 48.0. The summed E-state index contributed by atoms with van der Waals surface area (Å²) in [4.78, 5) is 0. The Morgan fingerprint density at radius 2 is 1.19 bits per heavy atom. The highest BCUT2D eigenvalue weighted by Gasteiger charge is 2.23. The molecule has 3 aromatic heterocycles. The molecule has 1 aliphatic carbocycles. The molecule has 0 bridgehead atoms. The van der Waals surface area contributed by atoms with Gasteiger partial charge in [0.15, 0.2) is 0 Å². The van der Waals surface area contributed by atoms with Crippen molar-refractivity contribution in [2.24, 2.45) is 0 Å². The normalized spacial score (nSPS) is 13.4. The number of nitriles is 1. The molecule has 0 spiro atoms. The average Bonchev–Trinajstić information content (AvgIpc) is 3.77. The number of para-hydroxylation sites is 3. The first kappa shape index (κ1) is 26.0. The van der Waals surface area contributed by atoms with Crippen LogP contribution >= 0.6 is 0 Å². The Morgan fingerprint density at radius 3 is 1.98 bits per heavy atom. The first-order valence-electron chi connectivity index (χ1n) is 16.2. The van der Waals surface area contributed by atoms with Crippen LogP contribution in [0, 0.1) is 11.3 Å². The molecule has 10 rings (SSSR count). The van der Waals surface area contributed by atoms with Gasteiger partial charge in [-0.25, -0.2) is 0 Å². The van der Waals surface area contributed by atoms with Crippen LogP contribution in [0.4, 0.5) is 0 Å². The highest BCUT2D eigenvalue weighted by molar-refractivity contribution is 6.27. The fourth-order valence-corrected chi connectivity index (χ4v) is 8.00. The highest BCUT2D eigenvalue weighted by Crippen LogP contribution is 2.44. The molecule has 4 heteroatoms. The third kappa shape index (κ3) is 3.57. The van der Waals surface area contributed by atoms with Gasteiger partial charge in [-0.15, -0.1) is 0 Å². The van der Waals surface area contributed by atoms with Gasteiger partial charge in [0.05, 0.1) is 44.7 Å². The van der Waals surface area contributed by atoms with Gasteiger partial charge in [-0.2, -0.15) is 5.26 Å². The van der Waals surface area contributed by atoms with Crippen molar-refractivity contribution in [3.63, 3.8) is 0 Å². The SMILES string of the molecule is N#Cc1cccc2c1c1c(ccc3c4ccccc4n(-c4ccc5c6ccccc6n(-c6ccccc6)c5c4)c31)n2C1=CC=CCC1. The van der Waals surface area contributed by atoms with E-state index in [-0.39, 0.29) is 0 Å². The van der Waals surface area contributed by atoms with E-state index in [1.54, 1.807) is 0 Å². The first-order valence-corrected chi connectivity index (χ1v) is 16.2. The van der Waals surface area contributed by atoms with E-state index in [2.05, 4.69) is 153 Å². The predicted octanol–water partition coefficient (Wildman–Crippen LogP) is 11.1. The van der Waals surface area contributed by atoms with E-state index < -0.39 is 0 Å². The lowest BCUT2D eigenvalue weighted by atomic mass is 10.0. The Kier molecular flexibility index (Phi) is 5.44. The van der Waals surface area contributed by atoms with E-state index in [0.717, 1.165) is 62.6 Å². The Balaban J connectivity index is 1.39. The van der Waals surface area contributed by atoms with Crippen molar-refractivity contribution in [3.05, 3.63) is 151 Å². The second kappa shape index (κ2) is 9.84. The lowest BCUT2D eigenvalue weighted by molar-refractivity contribution is 0.979. The number of nitrogens with zero attached hydrogens (tertiary/aromatic N) is 4. The molecule has 0 saturated carbocycles. The molecule has 0 radical (unpaired) electrons. The van der Waals surface area contributed by atoms with Gasteiger partial charge in [0.25, 0.3) is 0 Å². The summed E-state index contributed by atoms with van der Waals surface area (Å²) >= 11 is 0. The molecule has 0 atom stereocenters. The highest BCUT2D eigenvalue weighted by atomic mass is 15.0. The van der Waals surface area contributed by atoms with Gasteiger partial charge < -0.3 is 13.7 Å². The van der Waals surface area contributed by atoms with Gasteiger partial charge in [-0.1, -0.05) is 84.9 Å². The van der Waals surface area contributed by atoms with Crippen LogP contribution in [0.5, 0.6) is 0 Å². The zero-order valence-corrected chi connectivity index (χ0v) is 25.6. The van der Waals surface area contributed by atoms with E-state index in [1.165, 1.54) is 32.8 Å². The van der Waals surface area contributed by atoms with Crippen LogP contribution in [0.1, 0.15) is 18.4 Å². The monoisotopic (exact) mass is 600 g/mol. The number of benzene rings is 6. The summed E-state index contributed by atoms with van der Waals surface area (Å²) in [5, 5.41) is 17.4.